The smallest absolute Gasteiger partial charge is 0.326 e. The van der Waals surface area contributed by atoms with Crippen molar-refractivity contribution in [1.29, 1.82) is 0 Å². The van der Waals surface area contributed by atoms with Crippen LogP contribution in [-0.2, 0) is 40.0 Å². The Hall–Kier alpha value is -5.30. The first-order chi connectivity index (χ1) is 25.4. The van der Waals surface area contributed by atoms with Crippen LogP contribution in [0.5, 0.6) is 0 Å². The Labute approximate surface area is 313 Å². The quantitative estimate of drug-likeness (QED) is 0.0345. The molecule has 1 heterocycles. The SMILES string of the molecule is CC(C)C[C@H](NC(=O)[C@H](CCC(=O)O)NC(=O)[C@@H]1CCCN1C(=O)[C@@H](NC(=O)[C@H](Cc1ccccc1)NC(=O)[C@@H](N)CCCN=C(N)N)[C@@H](C)O)C(=O)O. The van der Waals surface area contributed by atoms with Crippen molar-refractivity contribution in [1.82, 2.24) is 26.2 Å². The number of carbonyl (C=O) groups excluding carboxylic acids is 5. The van der Waals surface area contributed by atoms with E-state index in [2.05, 4.69) is 26.3 Å². The zero-order chi connectivity index (χ0) is 40.5. The number of hydrogen-bond donors (Lipinski definition) is 10. The molecule has 1 aliphatic heterocycles. The Kier molecular flexibility index (Phi) is 18.3. The van der Waals surface area contributed by atoms with Gasteiger partial charge in [-0.05, 0) is 56.9 Å². The number of likely N-dealkylation sites (tertiary alicyclic amines) is 1. The molecule has 0 aromatic heterocycles. The normalized spacial score (nSPS) is 17.2. The number of guanidine groups is 1. The third kappa shape index (κ3) is 15.0. The van der Waals surface area contributed by atoms with Crippen molar-refractivity contribution < 1.29 is 48.9 Å². The average Bonchev–Trinajstić information content (AvgIpc) is 3.60. The van der Waals surface area contributed by atoms with Crippen LogP contribution in [0.25, 0.3) is 0 Å². The van der Waals surface area contributed by atoms with Gasteiger partial charge in [0.2, 0.25) is 29.5 Å². The number of aliphatic hydroxyl groups is 1. The number of aliphatic imine (C=N–C) groups is 1. The van der Waals surface area contributed by atoms with Gasteiger partial charge in [0.1, 0.15) is 30.2 Å². The molecule has 19 nitrogen and oxygen atoms in total. The van der Waals surface area contributed by atoms with Crippen LogP contribution in [0.1, 0.15) is 71.3 Å². The number of aliphatic carboxylic acids is 2. The van der Waals surface area contributed by atoms with Gasteiger partial charge in [0.15, 0.2) is 5.96 Å². The van der Waals surface area contributed by atoms with Gasteiger partial charge in [-0.25, -0.2) is 4.79 Å². The van der Waals surface area contributed by atoms with Gasteiger partial charge in [-0.3, -0.25) is 33.8 Å². The molecule has 13 N–H and O–H groups in total. The van der Waals surface area contributed by atoms with Gasteiger partial charge in [-0.2, -0.15) is 0 Å². The second-order valence-electron chi connectivity index (χ2n) is 13.7. The third-order valence-electron chi connectivity index (χ3n) is 8.71. The van der Waals surface area contributed by atoms with E-state index >= 15 is 0 Å². The molecule has 1 aliphatic rings. The molecule has 5 amide bonds. The first-order valence-electron chi connectivity index (χ1n) is 17.9. The molecule has 19 heteroatoms. The van der Waals surface area contributed by atoms with E-state index in [-0.39, 0.29) is 57.1 Å². The van der Waals surface area contributed by atoms with Crippen molar-refractivity contribution in [3.63, 3.8) is 0 Å². The molecule has 7 atom stereocenters. The summed E-state index contributed by atoms with van der Waals surface area (Å²) in [5.74, 6) is -6.73. The summed E-state index contributed by atoms with van der Waals surface area (Å²) in [5, 5.41) is 39.5. The van der Waals surface area contributed by atoms with Crippen LogP contribution < -0.4 is 38.5 Å². The summed E-state index contributed by atoms with van der Waals surface area (Å²) in [5.41, 5.74) is 17.4. The van der Waals surface area contributed by atoms with Gasteiger partial charge in [-0.1, -0.05) is 44.2 Å². The molecule has 0 aliphatic carbocycles. The minimum Gasteiger partial charge on any atom is -0.481 e. The van der Waals surface area contributed by atoms with Gasteiger partial charge in [0, 0.05) is 25.9 Å². The average molecular weight is 762 g/mol. The number of carboxylic acids is 2. The van der Waals surface area contributed by atoms with Gasteiger partial charge >= 0.3 is 11.9 Å². The Morgan fingerprint density at radius 1 is 0.870 bits per heavy atom. The number of carbonyl (C=O) groups is 7. The molecule has 300 valence electrons. The van der Waals surface area contributed by atoms with Gasteiger partial charge < -0.3 is 58.7 Å². The summed E-state index contributed by atoms with van der Waals surface area (Å²) in [7, 11) is 0. The van der Waals surface area contributed by atoms with Crippen LogP contribution in [0.3, 0.4) is 0 Å². The monoisotopic (exact) mass is 761 g/mol. The lowest BCUT2D eigenvalue weighted by atomic mass is 10.0. The number of aliphatic hydroxyl groups excluding tert-OH is 1. The highest BCUT2D eigenvalue weighted by Gasteiger charge is 2.41. The summed E-state index contributed by atoms with van der Waals surface area (Å²) in [4.78, 5) is 95.5. The summed E-state index contributed by atoms with van der Waals surface area (Å²) < 4.78 is 0. The largest absolute Gasteiger partial charge is 0.481 e. The number of nitrogens with two attached hydrogens (primary N) is 3. The molecule has 1 aromatic rings. The Bertz CT molecular complexity index is 1490. The van der Waals surface area contributed by atoms with E-state index in [0.717, 1.165) is 4.90 Å². The van der Waals surface area contributed by atoms with E-state index in [0.29, 0.717) is 18.4 Å². The third-order valence-corrected chi connectivity index (χ3v) is 8.71. The predicted octanol–water partition coefficient (Wildman–Crippen LogP) is -2.08. The van der Waals surface area contributed by atoms with Crippen LogP contribution in [-0.4, -0.2) is 123 Å². The standard InChI is InChI=1S/C35H55N9O10/c1-19(2)17-25(34(53)54)42-30(49)23(13-14-27(46)47)40-32(51)26-12-8-16-44(26)33(52)28(20(3)45)43-31(50)24(18-21-9-5-4-6-10-21)41-29(48)22(36)11-7-15-39-35(37)38/h4-6,9-10,19-20,22-26,28,45H,7-8,11-18,36H2,1-3H3,(H,40,51)(H,41,48)(H,42,49)(H,43,50)(H,46,47)(H,53,54)(H4,37,38,39)/t20-,22+,23+,24+,25+,26+,28+/m1/s1. The van der Waals surface area contributed by atoms with E-state index in [9.17, 15) is 48.9 Å². The number of nitrogens with zero attached hydrogens (tertiary/aromatic N) is 2. The second-order valence-corrected chi connectivity index (χ2v) is 13.7. The van der Waals surface area contributed by atoms with Crippen molar-refractivity contribution in [2.75, 3.05) is 13.1 Å². The minimum atomic E-state index is -1.56. The van der Waals surface area contributed by atoms with Crippen molar-refractivity contribution in [2.24, 2.45) is 28.1 Å². The maximum absolute atomic E-state index is 13.9. The molecule has 54 heavy (non-hydrogen) atoms. The molecule has 2 rings (SSSR count). The summed E-state index contributed by atoms with van der Waals surface area (Å²) >= 11 is 0. The van der Waals surface area contributed by atoms with Gasteiger partial charge in [0.25, 0.3) is 0 Å². The highest BCUT2D eigenvalue weighted by atomic mass is 16.4. The van der Waals surface area contributed by atoms with Crippen molar-refractivity contribution >= 4 is 47.4 Å². The van der Waals surface area contributed by atoms with E-state index in [1.54, 1.807) is 44.2 Å². The van der Waals surface area contributed by atoms with Crippen LogP contribution in [0.15, 0.2) is 35.3 Å². The first kappa shape index (κ1) is 44.9. The molecular formula is C35H55N9O10. The molecule has 0 bridgehead atoms. The van der Waals surface area contributed by atoms with Gasteiger partial charge in [0.05, 0.1) is 12.1 Å². The Morgan fingerprint density at radius 3 is 2.07 bits per heavy atom. The van der Waals surface area contributed by atoms with Crippen molar-refractivity contribution in [3.05, 3.63) is 35.9 Å². The molecule has 0 unspecified atom stereocenters. The number of rotatable bonds is 22. The van der Waals surface area contributed by atoms with E-state index in [1.165, 1.54) is 6.92 Å². The molecule has 1 aromatic carbocycles. The van der Waals surface area contributed by atoms with E-state index in [4.69, 9.17) is 17.2 Å². The van der Waals surface area contributed by atoms with Crippen molar-refractivity contribution in [2.45, 2.75) is 114 Å². The first-order valence-corrected chi connectivity index (χ1v) is 17.9. The van der Waals surface area contributed by atoms with Crippen LogP contribution in [0, 0.1) is 5.92 Å². The topological polar surface area (TPSA) is 322 Å². The Balaban J connectivity index is 2.25. The van der Waals surface area contributed by atoms with Gasteiger partial charge in [-0.15, -0.1) is 0 Å². The molecule has 0 spiro atoms. The fourth-order valence-corrected chi connectivity index (χ4v) is 5.88. The highest BCUT2D eigenvalue weighted by molar-refractivity contribution is 5.97. The number of benzene rings is 1. The van der Waals surface area contributed by atoms with Crippen LogP contribution >= 0.6 is 0 Å². The lowest BCUT2D eigenvalue weighted by Crippen LogP contribution is -2.61. The molecular weight excluding hydrogens is 706 g/mol. The second kappa shape index (κ2) is 22.0. The maximum Gasteiger partial charge on any atom is 0.326 e. The molecule has 0 radical (unpaired) electrons. The number of nitrogens with one attached hydrogen (secondary N) is 4. The predicted molar refractivity (Wildman–Crippen MR) is 196 cm³/mol. The number of hydrogen-bond acceptors (Lipinski definition) is 10. The van der Waals surface area contributed by atoms with Crippen LogP contribution in [0.2, 0.25) is 0 Å². The highest BCUT2D eigenvalue weighted by Crippen LogP contribution is 2.20. The zero-order valence-corrected chi connectivity index (χ0v) is 30.9. The van der Waals surface area contributed by atoms with Crippen LogP contribution in [0.4, 0.5) is 0 Å². The maximum atomic E-state index is 13.9. The Morgan fingerprint density at radius 2 is 1.50 bits per heavy atom. The molecule has 0 saturated carbocycles. The number of carboxylic acid groups (broad SMARTS) is 2. The molecule has 1 fully saturated rings. The number of amides is 5. The fraction of sp³-hybridized carbons (Fsp3) is 0.600. The summed E-state index contributed by atoms with van der Waals surface area (Å²) in [6, 6.07) is 1.04. The fourth-order valence-electron chi connectivity index (χ4n) is 5.88. The van der Waals surface area contributed by atoms with E-state index in [1.807, 2.05) is 0 Å². The van der Waals surface area contributed by atoms with E-state index < -0.39 is 90.3 Å². The molecule has 1 saturated heterocycles. The zero-order valence-electron chi connectivity index (χ0n) is 30.9. The minimum absolute atomic E-state index is 0.00823. The summed E-state index contributed by atoms with van der Waals surface area (Å²) in [6.45, 7) is 5.08. The lowest BCUT2D eigenvalue weighted by Gasteiger charge is -2.32. The lowest BCUT2D eigenvalue weighted by molar-refractivity contribution is -0.145. The van der Waals surface area contributed by atoms with Crippen molar-refractivity contribution in [3.8, 4) is 0 Å². The summed E-state index contributed by atoms with van der Waals surface area (Å²) in [6.07, 6.45) is -1.17.